The maximum absolute atomic E-state index is 3.67. The Kier molecular flexibility index (Phi) is 4.87. The minimum atomic E-state index is 0.693. The Morgan fingerprint density at radius 2 is 1.82 bits per heavy atom. The summed E-state index contributed by atoms with van der Waals surface area (Å²) >= 11 is 0. The van der Waals surface area contributed by atoms with Gasteiger partial charge < -0.3 is 10.2 Å². The van der Waals surface area contributed by atoms with Gasteiger partial charge in [-0.15, -0.1) is 0 Å². The van der Waals surface area contributed by atoms with Crippen LogP contribution in [0.2, 0.25) is 0 Å². The molecule has 2 aliphatic rings. The zero-order chi connectivity index (χ0) is 12.1. The van der Waals surface area contributed by atoms with Gasteiger partial charge in [0.05, 0.1) is 0 Å². The maximum atomic E-state index is 3.67. The lowest BCUT2D eigenvalue weighted by molar-refractivity contribution is -0.0214. The predicted molar refractivity (Wildman–Crippen MR) is 74.3 cm³/mol. The van der Waals surface area contributed by atoms with Gasteiger partial charge >= 0.3 is 0 Å². The van der Waals surface area contributed by atoms with E-state index in [1.807, 2.05) is 0 Å². The van der Waals surface area contributed by atoms with Crippen LogP contribution >= 0.6 is 0 Å². The van der Waals surface area contributed by atoms with Crippen LogP contribution in [0, 0.1) is 5.41 Å². The summed E-state index contributed by atoms with van der Waals surface area (Å²) in [7, 11) is 0. The van der Waals surface area contributed by atoms with Crippen molar-refractivity contribution in [1.82, 2.24) is 10.2 Å². The first-order valence-corrected chi connectivity index (χ1v) is 7.74. The van der Waals surface area contributed by atoms with Crippen LogP contribution in [0.3, 0.4) is 0 Å². The van der Waals surface area contributed by atoms with Crippen LogP contribution in [0.4, 0.5) is 0 Å². The van der Waals surface area contributed by atoms with Gasteiger partial charge in [0.15, 0.2) is 0 Å². The number of piperidine rings is 1. The lowest BCUT2D eigenvalue weighted by atomic mass is 9.72. The van der Waals surface area contributed by atoms with E-state index in [9.17, 15) is 0 Å². The zero-order valence-electron chi connectivity index (χ0n) is 11.8. The summed E-state index contributed by atoms with van der Waals surface area (Å²) in [5, 5.41) is 3.67. The highest BCUT2D eigenvalue weighted by Gasteiger charge is 2.41. The Morgan fingerprint density at radius 3 is 2.35 bits per heavy atom. The van der Waals surface area contributed by atoms with E-state index >= 15 is 0 Å². The fraction of sp³-hybridized carbons (Fsp3) is 1.00. The number of hydrogen-bond acceptors (Lipinski definition) is 2. The molecule has 2 heterocycles. The molecule has 0 radical (unpaired) electrons. The Balaban J connectivity index is 1.71. The highest BCUT2D eigenvalue weighted by molar-refractivity contribution is 4.95. The molecule has 1 atom stereocenters. The van der Waals surface area contributed by atoms with E-state index in [-0.39, 0.29) is 0 Å². The summed E-state index contributed by atoms with van der Waals surface area (Å²) in [6.07, 6.45) is 9.80. The molecule has 0 amide bonds. The van der Waals surface area contributed by atoms with Gasteiger partial charge in [-0.2, -0.15) is 0 Å². The van der Waals surface area contributed by atoms with Crippen LogP contribution in [0.5, 0.6) is 0 Å². The van der Waals surface area contributed by atoms with E-state index < -0.39 is 0 Å². The fourth-order valence-electron chi connectivity index (χ4n) is 3.92. The van der Waals surface area contributed by atoms with E-state index in [0.29, 0.717) is 5.41 Å². The van der Waals surface area contributed by atoms with Crippen LogP contribution in [-0.2, 0) is 0 Å². The van der Waals surface area contributed by atoms with Crippen molar-refractivity contribution in [3.63, 3.8) is 0 Å². The molecule has 2 nitrogen and oxygen atoms in total. The first-order valence-electron chi connectivity index (χ1n) is 7.74. The fourth-order valence-corrected chi connectivity index (χ4v) is 3.92. The largest absolute Gasteiger partial charge is 0.313 e. The first kappa shape index (κ1) is 13.4. The molecular formula is C15H30N2. The number of likely N-dealkylation sites (tertiary alicyclic amines) is 1. The Bertz CT molecular complexity index is 207. The summed E-state index contributed by atoms with van der Waals surface area (Å²) < 4.78 is 0. The average Bonchev–Trinajstić information content (AvgIpc) is 2.29. The van der Waals surface area contributed by atoms with Gasteiger partial charge in [-0.05, 0) is 37.6 Å². The van der Waals surface area contributed by atoms with Gasteiger partial charge in [-0.25, -0.2) is 0 Å². The molecule has 100 valence electrons. The molecule has 0 aromatic heterocycles. The monoisotopic (exact) mass is 238 g/mol. The predicted octanol–water partition coefficient (Wildman–Crippen LogP) is 3.03. The molecule has 2 saturated heterocycles. The molecule has 1 unspecified atom stereocenters. The zero-order valence-corrected chi connectivity index (χ0v) is 11.8. The van der Waals surface area contributed by atoms with Gasteiger partial charge in [0, 0.05) is 25.7 Å². The normalized spacial score (nSPS) is 28.9. The van der Waals surface area contributed by atoms with Crippen LogP contribution in [0.25, 0.3) is 0 Å². The van der Waals surface area contributed by atoms with Gasteiger partial charge in [-0.1, -0.05) is 33.1 Å². The molecule has 2 heteroatoms. The second-order valence-corrected chi connectivity index (χ2v) is 6.32. The second kappa shape index (κ2) is 6.19. The van der Waals surface area contributed by atoms with Crippen LogP contribution in [-0.4, -0.2) is 37.1 Å². The van der Waals surface area contributed by atoms with Crippen molar-refractivity contribution in [2.24, 2.45) is 5.41 Å². The van der Waals surface area contributed by atoms with Gasteiger partial charge in [0.1, 0.15) is 0 Å². The van der Waals surface area contributed by atoms with Gasteiger partial charge in [-0.3, -0.25) is 0 Å². The summed E-state index contributed by atoms with van der Waals surface area (Å²) in [5.74, 6) is 0. The van der Waals surface area contributed by atoms with Crippen molar-refractivity contribution in [3.05, 3.63) is 0 Å². The molecule has 17 heavy (non-hydrogen) atoms. The van der Waals surface area contributed by atoms with E-state index in [1.165, 1.54) is 71.1 Å². The Morgan fingerprint density at radius 1 is 1.12 bits per heavy atom. The molecule has 0 aliphatic carbocycles. The number of nitrogens with one attached hydrogen (secondary N) is 1. The van der Waals surface area contributed by atoms with Crippen molar-refractivity contribution in [2.45, 2.75) is 64.8 Å². The van der Waals surface area contributed by atoms with Crippen molar-refractivity contribution in [3.8, 4) is 0 Å². The van der Waals surface area contributed by atoms with Crippen molar-refractivity contribution in [2.75, 3.05) is 26.2 Å². The lowest BCUT2D eigenvalue weighted by Gasteiger charge is -2.52. The van der Waals surface area contributed by atoms with Crippen molar-refractivity contribution in [1.29, 1.82) is 0 Å². The third-order valence-corrected chi connectivity index (χ3v) is 4.57. The third kappa shape index (κ3) is 3.45. The third-order valence-electron chi connectivity index (χ3n) is 4.57. The highest BCUT2D eigenvalue weighted by atomic mass is 15.2. The highest BCUT2D eigenvalue weighted by Crippen LogP contribution is 2.39. The molecule has 0 saturated carbocycles. The molecule has 1 N–H and O–H groups in total. The average molecular weight is 238 g/mol. The maximum Gasteiger partial charge on any atom is 0.0195 e. The quantitative estimate of drug-likeness (QED) is 0.765. The van der Waals surface area contributed by atoms with Crippen LogP contribution in [0.15, 0.2) is 0 Å². The summed E-state index contributed by atoms with van der Waals surface area (Å²) in [4.78, 5) is 2.69. The Labute approximate surface area is 107 Å². The summed E-state index contributed by atoms with van der Waals surface area (Å²) in [6.45, 7) is 9.95. The standard InChI is InChI=1S/C15H30N2/c1-3-8-15(9-4-2)12-17(13-15)11-14-7-5-6-10-16-14/h14,16H,3-13H2,1-2H3. The number of hydrogen-bond donors (Lipinski definition) is 1. The molecule has 0 aromatic carbocycles. The molecule has 2 fully saturated rings. The van der Waals surface area contributed by atoms with Gasteiger partial charge in [0.2, 0.25) is 0 Å². The molecule has 0 spiro atoms. The minimum absolute atomic E-state index is 0.693. The second-order valence-electron chi connectivity index (χ2n) is 6.32. The summed E-state index contributed by atoms with van der Waals surface area (Å²) in [6, 6.07) is 0.782. The molecule has 0 aromatic rings. The SMILES string of the molecule is CCCC1(CCC)CN(CC2CCCCN2)C1. The van der Waals surface area contributed by atoms with E-state index in [4.69, 9.17) is 0 Å². The first-order chi connectivity index (χ1) is 8.28. The van der Waals surface area contributed by atoms with Gasteiger partial charge in [0.25, 0.3) is 0 Å². The van der Waals surface area contributed by atoms with Crippen LogP contribution in [0.1, 0.15) is 58.8 Å². The minimum Gasteiger partial charge on any atom is -0.313 e. The van der Waals surface area contributed by atoms with E-state index in [0.717, 1.165) is 6.04 Å². The van der Waals surface area contributed by atoms with Crippen molar-refractivity contribution < 1.29 is 0 Å². The molecule has 2 rings (SSSR count). The summed E-state index contributed by atoms with van der Waals surface area (Å²) in [5.41, 5.74) is 0.693. The van der Waals surface area contributed by atoms with Crippen molar-refractivity contribution >= 4 is 0 Å². The number of nitrogens with zero attached hydrogens (tertiary/aromatic N) is 1. The lowest BCUT2D eigenvalue weighted by Crippen LogP contribution is -2.59. The van der Waals surface area contributed by atoms with E-state index in [1.54, 1.807) is 0 Å². The van der Waals surface area contributed by atoms with Crippen LogP contribution < -0.4 is 5.32 Å². The number of rotatable bonds is 6. The topological polar surface area (TPSA) is 15.3 Å². The molecule has 0 bridgehead atoms. The smallest absolute Gasteiger partial charge is 0.0195 e. The Hall–Kier alpha value is -0.0800. The van der Waals surface area contributed by atoms with E-state index in [2.05, 4.69) is 24.1 Å². The molecule has 2 aliphatic heterocycles. The molecular weight excluding hydrogens is 208 g/mol.